The lowest BCUT2D eigenvalue weighted by Crippen LogP contribution is -2.58. The van der Waals surface area contributed by atoms with Crippen LogP contribution in [-0.4, -0.2) is 39.6 Å². The van der Waals surface area contributed by atoms with E-state index in [0.29, 0.717) is 27.8 Å². The van der Waals surface area contributed by atoms with E-state index in [0.717, 1.165) is 10.5 Å². The molecular formula is C42H33NO7. The molecule has 248 valence electrons. The van der Waals surface area contributed by atoms with Crippen molar-refractivity contribution in [2.75, 3.05) is 4.90 Å². The van der Waals surface area contributed by atoms with Gasteiger partial charge in [0.2, 0.25) is 11.8 Å². The number of anilines is 1. The predicted molar refractivity (Wildman–Crippen MR) is 185 cm³/mol. The maximum absolute atomic E-state index is 15.1. The van der Waals surface area contributed by atoms with Crippen molar-refractivity contribution < 1.29 is 34.2 Å². The van der Waals surface area contributed by atoms with Crippen LogP contribution in [0.5, 0.6) is 5.75 Å². The van der Waals surface area contributed by atoms with Crippen molar-refractivity contribution in [2.24, 2.45) is 23.7 Å². The van der Waals surface area contributed by atoms with Gasteiger partial charge in [-0.1, -0.05) is 96.6 Å². The van der Waals surface area contributed by atoms with Gasteiger partial charge in [0.1, 0.15) is 5.75 Å². The molecule has 3 aliphatic carbocycles. The van der Waals surface area contributed by atoms with Crippen LogP contribution in [0.25, 0.3) is 5.57 Å². The van der Waals surface area contributed by atoms with Gasteiger partial charge in [0.05, 0.1) is 28.5 Å². The first kappa shape index (κ1) is 31.4. The number of para-hydroxylation sites is 1. The normalized spacial score (nSPS) is 27.2. The van der Waals surface area contributed by atoms with Gasteiger partial charge in [-0.2, -0.15) is 0 Å². The predicted octanol–water partition coefficient (Wildman–Crippen LogP) is 6.43. The summed E-state index contributed by atoms with van der Waals surface area (Å²) in [6.07, 6.45) is 3.73. The van der Waals surface area contributed by atoms with E-state index in [1.165, 1.54) is 24.3 Å². The second kappa shape index (κ2) is 11.6. The number of carbonyl (C=O) groups excluding carboxylic acids is 4. The van der Waals surface area contributed by atoms with Gasteiger partial charge in [-0.15, -0.1) is 0 Å². The van der Waals surface area contributed by atoms with Gasteiger partial charge < -0.3 is 10.2 Å². The zero-order valence-corrected chi connectivity index (χ0v) is 27.2. The lowest BCUT2D eigenvalue weighted by atomic mass is 9.44. The van der Waals surface area contributed by atoms with E-state index in [2.05, 4.69) is 0 Å². The number of ketones is 2. The molecule has 0 radical (unpaired) electrons. The molecule has 0 aromatic heterocycles. The number of aromatic carboxylic acids is 1. The Labute approximate surface area is 288 Å². The SMILES string of the molecule is Cc1cccc(C2C3=CCC4C(=O)N(c5cccc(C(=O)O)c5)C(=O)C4C3CC3C(=O)C(c4ccccc4)=CC(=O)C32c2ccccc2)c1O. The third-order valence-corrected chi connectivity index (χ3v) is 11.3. The Morgan fingerprint density at radius 2 is 1.52 bits per heavy atom. The van der Waals surface area contributed by atoms with E-state index in [1.54, 1.807) is 37.3 Å². The van der Waals surface area contributed by atoms with Crippen molar-refractivity contribution in [3.05, 3.63) is 149 Å². The maximum Gasteiger partial charge on any atom is 0.335 e. The van der Waals surface area contributed by atoms with Gasteiger partial charge in [-0.3, -0.25) is 24.1 Å². The summed E-state index contributed by atoms with van der Waals surface area (Å²) in [5.41, 5.74) is 2.05. The zero-order valence-electron chi connectivity index (χ0n) is 27.2. The molecule has 2 amide bonds. The standard InChI is InChI=1S/C42H33NO7/c1-23-10-8-17-30(37(23)45)36-28-18-19-29-35(40(48)43(39(29)47)27-16-9-13-25(20-27)41(49)50)32(28)21-33-38(46)31(24-11-4-2-5-12-24)22-34(44)42(33,36)26-14-6-3-7-15-26/h2-18,20,22,29,32-33,35-36,45H,19,21H2,1H3,(H,49,50). The van der Waals surface area contributed by atoms with Crippen LogP contribution in [0.15, 0.2) is 121 Å². The monoisotopic (exact) mass is 663 g/mol. The van der Waals surface area contributed by atoms with Crippen LogP contribution in [0, 0.1) is 30.6 Å². The first-order chi connectivity index (χ1) is 24.1. The first-order valence-corrected chi connectivity index (χ1v) is 16.8. The van der Waals surface area contributed by atoms with Crippen LogP contribution in [0.1, 0.15) is 51.4 Å². The highest BCUT2D eigenvalue weighted by atomic mass is 16.4. The molecule has 1 saturated heterocycles. The number of benzene rings is 4. The number of rotatable bonds is 5. The fourth-order valence-corrected chi connectivity index (χ4v) is 9.17. The van der Waals surface area contributed by atoms with Crippen molar-refractivity contribution in [1.82, 2.24) is 0 Å². The first-order valence-electron chi connectivity index (χ1n) is 16.8. The van der Waals surface area contributed by atoms with Gasteiger partial charge in [0.25, 0.3) is 0 Å². The van der Waals surface area contributed by atoms with Gasteiger partial charge in [0, 0.05) is 23.0 Å². The molecule has 6 atom stereocenters. The number of fused-ring (bicyclic) bond motifs is 4. The largest absolute Gasteiger partial charge is 0.507 e. The second-order valence-corrected chi connectivity index (χ2v) is 13.7. The smallest absolute Gasteiger partial charge is 0.335 e. The number of nitrogens with zero attached hydrogens (tertiary/aromatic N) is 1. The van der Waals surface area contributed by atoms with Crippen molar-refractivity contribution in [2.45, 2.75) is 31.1 Å². The van der Waals surface area contributed by atoms with Crippen molar-refractivity contribution in [1.29, 1.82) is 0 Å². The summed E-state index contributed by atoms with van der Waals surface area (Å²) in [5, 5.41) is 21.3. The number of hydrogen-bond donors (Lipinski definition) is 2. The van der Waals surface area contributed by atoms with Gasteiger partial charge in [-0.05, 0) is 66.6 Å². The molecule has 4 aromatic rings. The molecule has 2 N–H and O–H groups in total. The number of allylic oxidation sites excluding steroid dienone is 4. The molecule has 50 heavy (non-hydrogen) atoms. The van der Waals surface area contributed by atoms with Crippen molar-refractivity contribution >= 4 is 40.6 Å². The minimum Gasteiger partial charge on any atom is -0.507 e. The Morgan fingerprint density at radius 1 is 0.820 bits per heavy atom. The fourth-order valence-electron chi connectivity index (χ4n) is 9.17. The lowest BCUT2D eigenvalue weighted by molar-refractivity contribution is -0.135. The number of carboxylic acids is 1. The molecule has 8 nitrogen and oxygen atoms in total. The van der Waals surface area contributed by atoms with E-state index >= 15 is 4.79 Å². The molecule has 4 aromatic carbocycles. The molecule has 1 aliphatic heterocycles. The number of aromatic hydroxyl groups is 1. The van der Waals surface area contributed by atoms with Crippen LogP contribution in [0.2, 0.25) is 0 Å². The summed E-state index contributed by atoms with van der Waals surface area (Å²) in [6, 6.07) is 29.4. The van der Waals surface area contributed by atoms with Crippen LogP contribution < -0.4 is 4.90 Å². The Morgan fingerprint density at radius 3 is 2.24 bits per heavy atom. The average molecular weight is 664 g/mol. The molecule has 8 rings (SSSR count). The summed E-state index contributed by atoms with van der Waals surface area (Å²) >= 11 is 0. The Bertz CT molecular complexity index is 2190. The zero-order chi connectivity index (χ0) is 34.9. The topological polar surface area (TPSA) is 129 Å². The van der Waals surface area contributed by atoms with E-state index in [4.69, 9.17) is 0 Å². The summed E-state index contributed by atoms with van der Waals surface area (Å²) in [4.78, 5) is 71.5. The highest BCUT2D eigenvalue weighted by Gasteiger charge is 2.66. The Kier molecular flexibility index (Phi) is 7.29. The summed E-state index contributed by atoms with van der Waals surface area (Å²) in [6.45, 7) is 1.78. The molecule has 1 saturated carbocycles. The quantitative estimate of drug-likeness (QED) is 0.186. The van der Waals surface area contributed by atoms with E-state index in [-0.39, 0.29) is 41.4 Å². The molecule has 6 unspecified atom stereocenters. The molecule has 0 spiro atoms. The average Bonchev–Trinajstić information content (AvgIpc) is 3.39. The van der Waals surface area contributed by atoms with Crippen LogP contribution >= 0.6 is 0 Å². The maximum atomic E-state index is 15.1. The summed E-state index contributed by atoms with van der Waals surface area (Å²) in [7, 11) is 0. The van der Waals surface area contributed by atoms with Crippen molar-refractivity contribution in [3.8, 4) is 5.75 Å². The van der Waals surface area contributed by atoms with Gasteiger partial charge in [-0.25, -0.2) is 4.79 Å². The minimum absolute atomic E-state index is 0.00857. The van der Waals surface area contributed by atoms with Crippen LogP contribution in [0.4, 0.5) is 5.69 Å². The number of carboxylic acid groups (broad SMARTS) is 1. The number of Topliss-reactive ketones (excluding diaryl/α,β-unsaturated/α-hetero) is 1. The number of carbonyl (C=O) groups is 5. The van der Waals surface area contributed by atoms with E-state index < -0.39 is 52.8 Å². The third-order valence-electron chi connectivity index (χ3n) is 11.3. The Balaban J connectivity index is 1.36. The number of phenols is 1. The molecule has 2 fully saturated rings. The summed E-state index contributed by atoms with van der Waals surface area (Å²) < 4.78 is 0. The Hall–Kier alpha value is -5.89. The van der Waals surface area contributed by atoms with Crippen LogP contribution in [0.3, 0.4) is 0 Å². The summed E-state index contributed by atoms with van der Waals surface area (Å²) in [5.74, 6) is -6.53. The molecule has 1 heterocycles. The third kappa shape index (κ3) is 4.40. The molecular weight excluding hydrogens is 630 g/mol. The minimum atomic E-state index is -1.45. The fraction of sp³-hybridized carbons (Fsp3) is 0.214. The second-order valence-electron chi connectivity index (χ2n) is 13.7. The molecule has 0 bridgehead atoms. The number of phenolic OH excluding ortho intramolecular Hbond substituents is 1. The highest BCUT2D eigenvalue weighted by molar-refractivity contribution is 6.32. The number of amides is 2. The van der Waals surface area contributed by atoms with E-state index in [9.17, 15) is 29.4 Å². The van der Waals surface area contributed by atoms with Gasteiger partial charge in [0.15, 0.2) is 11.6 Å². The van der Waals surface area contributed by atoms with Gasteiger partial charge >= 0.3 is 5.97 Å². The highest BCUT2D eigenvalue weighted by Crippen LogP contribution is 2.64. The van der Waals surface area contributed by atoms with E-state index in [1.807, 2.05) is 60.7 Å². The van der Waals surface area contributed by atoms with Crippen LogP contribution in [-0.2, 0) is 24.6 Å². The number of hydrogen-bond acceptors (Lipinski definition) is 6. The number of aryl methyl sites for hydroxylation is 1. The van der Waals surface area contributed by atoms with Crippen molar-refractivity contribution in [3.63, 3.8) is 0 Å². The lowest BCUT2D eigenvalue weighted by Gasteiger charge is -2.55. The molecule has 4 aliphatic rings. The number of imide groups is 1. The molecule has 8 heteroatoms.